The van der Waals surface area contributed by atoms with Crippen LogP contribution in [-0.2, 0) is 11.2 Å². The van der Waals surface area contributed by atoms with Gasteiger partial charge in [-0.15, -0.1) is 0 Å². The van der Waals surface area contributed by atoms with Gasteiger partial charge in [-0.3, -0.25) is 4.79 Å². The lowest BCUT2D eigenvalue weighted by Gasteiger charge is -2.21. The molecule has 0 aliphatic heterocycles. The molecule has 1 amide bonds. The Balaban J connectivity index is 1.55. The Bertz CT molecular complexity index is 631. The molecule has 1 aliphatic rings. The van der Waals surface area contributed by atoms with E-state index in [0.717, 1.165) is 43.1 Å². The number of benzene rings is 1. The normalized spacial score (nSPS) is 14.0. The molecule has 0 saturated heterocycles. The molecule has 1 aromatic carbocycles. The van der Waals surface area contributed by atoms with E-state index in [1.165, 1.54) is 12.8 Å². The number of amides is 1. The minimum absolute atomic E-state index is 0.284. The van der Waals surface area contributed by atoms with Gasteiger partial charge >= 0.3 is 0 Å². The second-order valence-corrected chi connectivity index (χ2v) is 6.41. The van der Waals surface area contributed by atoms with Crippen molar-refractivity contribution in [2.24, 2.45) is 5.92 Å². The van der Waals surface area contributed by atoms with Crippen molar-refractivity contribution in [3.63, 3.8) is 0 Å². The first-order chi connectivity index (χ1) is 11.3. The molecule has 4 heteroatoms. The first-order valence-electron chi connectivity index (χ1n) is 8.63. The summed E-state index contributed by atoms with van der Waals surface area (Å²) in [5, 5.41) is 4.40. The molecular formula is C19H25N3O. The molecule has 0 spiro atoms. The molecule has 122 valence electrons. The fraction of sp³-hybridized carbons (Fsp3) is 0.474. The maximum Gasteiger partial charge on any atom is 0.222 e. The van der Waals surface area contributed by atoms with E-state index in [2.05, 4.69) is 16.9 Å². The van der Waals surface area contributed by atoms with Gasteiger partial charge in [-0.25, -0.2) is 4.68 Å². The van der Waals surface area contributed by atoms with E-state index < -0.39 is 0 Å². The molecule has 3 rings (SSSR count). The van der Waals surface area contributed by atoms with Crippen LogP contribution in [0.25, 0.3) is 5.69 Å². The van der Waals surface area contributed by atoms with E-state index in [4.69, 9.17) is 0 Å². The summed E-state index contributed by atoms with van der Waals surface area (Å²) in [6.45, 7) is 3.98. The van der Waals surface area contributed by atoms with Crippen molar-refractivity contribution < 1.29 is 4.79 Å². The lowest BCUT2D eigenvalue weighted by molar-refractivity contribution is -0.131. The average Bonchev–Trinajstić information content (AvgIpc) is 3.27. The summed E-state index contributed by atoms with van der Waals surface area (Å²) in [5.74, 6) is 1.04. The molecule has 1 aromatic heterocycles. The van der Waals surface area contributed by atoms with Gasteiger partial charge < -0.3 is 4.90 Å². The van der Waals surface area contributed by atoms with Crippen molar-refractivity contribution in [2.45, 2.75) is 39.0 Å². The molecule has 0 unspecified atom stereocenters. The molecule has 1 heterocycles. The molecule has 0 radical (unpaired) electrons. The van der Waals surface area contributed by atoms with Gasteiger partial charge in [0, 0.05) is 25.7 Å². The van der Waals surface area contributed by atoms with E-state index in [1.54, 1.807) is 0 Å². The molecule has 2 aromatic rings. The van der Waals surface area contributed by atoms with Gasteiger partial charge in [0.1, 0.15) is 0 Å². The van der Waals surface area contributed by atoms with Crippen molar-refractivity contribution in [3.8, 4) is 5.69 Å². The number of aromatic nitrogens is 2. The van der Waals surface area contributed by atoms with Crippen molar-refractivity contribution >= 4 is 5.91 Å². The lowest BCUT2D eigenvalue weighted by atomic mass is 10.1. The minimum Gasteiger partial charge on any atom is -0.342 e. The number of hydrogen-bond acceptors (Lipinski definition) is 2. The summed E-state index contributed by atoms with van der Waals surface area (Å²) >= 11 is 0. The zero-order valence-electron chi connectivity index (χ0n) is 13.8. The van der Waals surface area contributed by atoms with Crippen molar-refractivity contribution in [1.82, 2.24) is 14.7 Å². The predicted octanol–water partition coefficient (Wildman–Crippen LogP) is 3.45. The molecular weight excluding hydrogens is 286 g/mol. The third-order valence-corrected chi connectivity index (χ3v) is 4.31. The largest absolute Gasteiger partial charge is 0.342 e. The first kappa shape index (κ1) is 15.8. The molecule has 1 aliphatic carbocycles. The van der Waals surface area contributed by atoms with Gasteiger partial charge in [-0.05, 0) is 49.3 Å². The van der Waals surface area contributed by atoms with Crippen molar-refractivity contribution in [3.05, 3.63) is 48.3 Å². The van der Waals surface area contributed by atoms with E-state index in [1.807, 2.05) is 47.4 Å². The Morgan fingerprint density at radius 1 is 1.30 bits per heavy atom. The molecule has 1 saturated carbocycles. The van der Waals surface area contributed by atoms with Gasteiger partial charge in [0.15, 0.2) is 0 Å². The Kier molecular flexibility index (Phi) is 5.11. The second kappa shape index (κ2) is 7.44. The molecule has 0 bridgehead atoms. The summed E-state index contributed by atoms with van der Waals surface area (Å²) in [6.07, 6.45) is 8.84. The minimum atomic E-state index is 0.284. The average molecular weight is 311 g/mol. The number of rotatable bonds is 8. The predicted molar refractivity (Wildman–Crippen MR) is 91.5 cm³/mol. The number of aryl methyl sites for hydroxylation is 1. The Hall–Kier alpha value is -2.10. The van der Waals surface area contributed by atoms with Gasteiger partial charge in [-0.1, -0.05) is 25.1 Å². The van der Waals surface area contributed by atoms with Gasteiger partial charge in [0.25, 0.3) is 0 Å². The topological polar surface area (TPSA) is 38.1 Å². The molecule has 0 atom stereocenters. The van der Waals surface area contributed by atoms with Crippen LogP contribution < -0.4 is 0 Å². The second-order valence-electron chi connectivity index (χ2n) is 6.41. The summed E-state index contributed by atoms with van der Waals surface area (Å²) in [7, 11) is 0. The van der Waals surface area contributed by atoms with Gasteiger partial charge in [-0.2, -0.15) is 5.10 Å². The summed E-state index contributed by atoms with van der Waals surface area (Å²) in [6, 6.07) is 10.1. The van der Waals surface area contributed by atoms with Crippen molar-refractivity contribution in [2.75, 3.05) is 13.1 Å². The smallest absolute Gasteiger partial charge is 0.222 e. The highest BCUT2D eigenvalue weighted by molar-refractivity contribution is 5.76. The zero-order valence-corrected chi connectivity index (χ0v) is 13.8. The number of hydrogen-bond donors (Lipinski definition) is 0. The standard InChI is InChI=1S/C19H25N3O/c1-2-12-21(14-16-8-9-16)19(23)11-10-17-13-20-22(15-17)18-6-4-3-5-7-18/h3-7,13,15-16H,2,8-12,14H2,1H3. The van der Waals surface area contributed by atoms with Crippen LogP contribution in [0.3, 0.4) is 0 Å². The molecule has 0 N–H and O–H groups in total. The maximum atomic E-state index is 12.4. The Morgan fingerprint density at radius 3 is 2.78 bits per heavy atom. The zero-order chi connectivity index (χ0) is 16.1. The fourth-order valence-corrected chi connectivity index (χ4v) is 2.82. The molecule has 4 nitrogen and oxygen atoms in total. The van der Waals surface area contributed by atoms with Crippen LogP contribution in [0, 0.1) is 5.92 Å². The summed E-state index contributed by atoms with van der Waals surface area (Å²) in [4.78, 5) is 14.5. The van der Waals surface area contributed by atoms with Crippen LogP contribution in [0.4, 0.5) is 0 Å². The SMILES string of the molecule is CCCN(CC1CC1)C(=O)CCc1cnn(-c2ccccc2)c1. The van der Waals surface area contributed by atoms with Crippen LogP contribution in [0.2, 0.25) is 0 Å². The summed E-state index contributed by atoms with van der Waals surface area (Å²) in [5.41, 5.74) is 2.16. The van der Waals surface area contributed by atoms with Gasteiger partial charge in [0.2, 0.25) is 5.91 Å². The number of carbonyl (C=O) groups excluding carboxylic acids is 1. The lowest BCUT2D eigenvalue weighted by Crippen LogP contribution is -2.33. The van der Waals surface area contributed by atoms with Crippen molar-refractivity contribution in [1.29, 1.82) is 0 Å². The Labute approximate surface area is 138 Å². The van der Waals surface area contributed by atoms with Crippen LogP contribution in [-0.4, -0.2) is 33.7 Å². The number of para-hydroxylation sites is 1. The Morgan fingerprint density at radius 2 is 2.09 bits per heavy atom. The number of carbonyl (C=O) groups is 1. The third kappa shape index (κ3) is 4.44. The fourth-order valence-electron chi connectivity index (χ4n) is 2.82. The van der Waals surface area contributed by atoms with Crippen LogP contribution in [0.15, 0.2) is 42.7 Å². The molecule has 23 heavy (non-hydrogen) atoms. The molecule has 1 fully saturated rings. The van der Waals surface area contributed by atoms with Crippen LogP contribution >= 0.6 is 0 Å². The maximum absolute atomic E-state index is 12.4. The van der Waals surface area contributed by atoms with E-state index in [0.29, 0.717) is 6.42 Å². The van der Waals surface area contributed by atoms with Crippen LogP contribution in [0.1, 0.15) is 38.2 Å². The third-order valence-electron chi connectivity index (χ3n) is 4.31. The highest BCUT2D eigenvalue weighted by Gasteiger charge is 2.26. The van der Waals surface area contributed by atoms with E-state index in [9.17, 15) is 4.79 Å². The monoisotopic (exact) mass is 311 g/mol. The summed E-state index contributed by atoms with van der Waals surface area (Å²) < 4.78 is 1.87. The van der Waals surface area contributed by atoms with Crippen LogP contribution in [0.5, 0.6) is 0 Å². The first-order valence-corrected chi connectivity index (χ1v) is 8.63. The van der Waals surface area contributed by atoms with E-state index >= 15 is 0 Å². The van der Waals surface area contributed by atoms with Gasteiger partial charge in [0.05, 0.1) is 11.9 Å². The quantitative estimate of drug-likeness (QED) is 0.749. The highest BCUT2D eigenvalue weighted by atomic mass is 16.2. The van der Waals surface area contributed by atoms with E-state index in [-0.39, 0.29) is 5.91 Å². The number of nitrogens with zero attached hydrogens (tertiary/aromatic N) is 3. The highest BCUT2D eigenvalue weighted by Crippen LogP contribution is 2.30.